The Kier molecular flexibility index (Phi) is 5.22. The number of aryl methyl sites for hydroxylation is 3. The van der Waals surface area contributed by atoms with Crippen molar-refractivity contribution >= 4 is 48.5 Å². The number of hydrogen-bond acceptors (Lipinski definition) is 6. The third-order valence-electron chi connectivity index (χ3n) is 6.69. The van der Waals surface area contributed by atoms with E-state index in [0.717, 1.165) is 16.6 Å². The Hall–Kier alpha value is -2.64. The predicted octanol–water partition coefficient (Wildman–Crippen LogP) is 2.95. The summed E-state index contributed by atoms with van der Waals surface area (Å²) in [5.41, 5.74) is 4.42. The van der Waals surface area contributed by atoms with Gasteiger partial charge in [0.2, 0.25) is 11.2 Å². The van der Waals surface area contributed by atoms with Gasteiger partial charge >= 0.3 is 10.1 Å². The summed E-state index contributed by atoms with van der Waals surface area (Å²) in [6.07, 6.45) is 0.523. The molecule has 2 N–H and O–H groups in total. The van der Waals surface area contributed by atoms with Crippen LogP contribution in [0.1, 0.15) is 29.8 Å². The average molecular weight is 506 g/mol. The van der Waals surface area contributed by atoms with Crippen molar-refractivity contribution in [2.75, 3.05) is 12.3 Å². The Labute approximate surface area is 197 Å². The number of quaternary nitrogens is 1. The van der Waals surface area contributed by atoms with Crippen molar-refractivity contribution < 1.29 is 25.9 Å². The maximum absolute atomic E-state index is 12.3. The zero-order valence-corrected chi connectivity index (χ0v) is 20.3. The number of imidazole rings is 1. The number of benzene rings is 2. The van der Waals surface area contributed by atoms with Crippen molar-refractivity contribution in [3.8, 4) is 0 Å². The number of aromatic nitrogens is 2. The van der Waals surface area contributed by atoms with Crippen LogP contribution in [0.2, 0.25) is 0 Å². The smallest absolute Gasteiger partial charge is 0.320 e. The molecule has 2 aromatic carbocycles. The van der Waals surface area contributed by atoms with Gasteiger partial charge in [-0.05, 0) is 38.5 Å². The molecule has 5 rings (SSSR count). The third kappa shape index (κ3) is 3.66. The minimum absolute atomic E-state index is 0.0811. The largest absolute Gasteiger partial charge is 0.328 e. The van der Waals surface area contributed by atoms with Gasteiger partial charge in [-0.1, -0.05) is 17.7 Å². The first kappa shape index (κ1) is 23.1. The van der Waals surface area contributed by atoms with Crippen molar-refractivity contribution in [1.82, 2.24) is 14.0 Å². The van der Waals surface area contributed by atoms with E-state index in [2.05, 4.69) is 4.98 Å². The summed E-state index contributed by atoms with van der Waals surface area (Å²) in [6.45, 7) is 4.56. The van der Waals surface area contributed by atoms with E-state index in [1.54, 1.807) is 6.92 Å². The Balaban J connectivity index is 1.67. The Morgan fingerprint density at radius 2 is 1.88 bits per heavy atom. The monoisotopic (exact) mass is 505 g/mol. The van der Waals surface area contributed by atoms with Crippen molar-refractivity contribution in [1.29, 1.82) is 0 Å². The number of hydrogen-bond donors (Lipinski definition) is 2. The maximum atomic E-state index is 12.3. The summed E-state index contributed by atoms with van der Waals surface area (Å²) < 4.78 is 67.8. The van der Waals surface area contributed by atoms with Gasteiger partial charge in [-0.15, -0.1) is 0 Å². The molecule has 2 aliphatic rings. The molecule has 1 fully saturated rings. The molecule has 3 aromatic rings. The molecule has 1 spiro atoms. The molecule has 0 bridgehead atoms. The van der Waals surface area contributed by atoms with Crippen molar-refractivity contribution in [2.24, 2.45) is 4.99 Å². The lowest BCUT2D eigenvalue weighted by atomic mass is 10.0. The molecular formula is C22H25N4O6S2+. The van der Waals surface area contributed by atoms with Crippen LogP contribution in [-0.4, -0.2) is 59.0 Å². The van der Waals surface area contributed by atoms with E-state index in [9.17, 15) is 21.4 Å². The topological polar surface area (TPSA) is 139 Å². The number of rotatable bonds is 6. The van der Waals surface area contributed by atoms with Gasteiger partial charge in [0.15, 0.2) is 5.69 Å². The van der Waals surface area contributed by atoms with Gasteiger partial charge in [-0.2, -0.15) is 21.8 Å². The second-order valence-electron chi connectivity index (χ2n) is 8.94. The van der Waals surface area contributed by atoms with E-state index in [-0.39, 0.29) is 16.7 Å². The molecule has 0 aliphatic carbocycles. The lowest BCUT2D eigenvalue weighted by Gasteiger charge is -2.47. The second kappa shape index (κ2) is 7.68. The van der Waals surface area contributed by atoms with Gasteiger partial charge < -0.3 is 4.57 Å². The molecule has 2 aliphatic heterocycles. The van der Waals surface area contributed by atoms with Gasteiger partial charge in [0.25, 0.3) is 10.1 Å². The van der Waals surface area contributed by atoms with Gasteiger partial charge in [0.1, 0.15) is 11.5 Å². The highest BCUT2D eigenvalue weighted by molar-refractivity contribution is 7.86. The maximum Gasteiger partial charge on any atom is 0.320 e. The fourth-order valence-corrected chi connectivity index (χ4v) is 6.82. The minimum Gasteiger partial charge on any atom is -0.328 e. The van der Waals surface area contributed by atoms with E-state index in [1.165, 1.54) is 0 Å². The van der Waals surface area contributed by atoms with Crippen LogP contribution in [0.15, 0.2) is 41.4 Å². The van der Waals surface area contributed by atoms with Gasteiger partial charge in [0, 0.05) is 12.6 Å². The van der Waals surface area contributed by atoms with Gasteiger partial charge in [0.05, 0.1) is 35.3 Å². The number of amidine groups is 1. The highest BCUT2D eigenvalue weighted by Crippen LogP contribution is 2.51. The molecule has 2 atom stereocenters. The molecule has 0 amide bonds. The van der Waals surface area contributed by atoms with E-state index in [4.69, 9.17) is 9.55 Å². The average Bonchev–Trinajstić information content (AvgIpc) is 3.18. The van der Waals surface area contributed by atoms with Crippen LogP contribution in [0.4, 0.5) is 11.4 Å². The lowest BCUT2D eigenvalue weighted by molar-refractivity contribution is 0.244. The first-order chi connectivity index (χ1) is 15.9. The third-order valence-corrected chi connectivity index (χ3v) is 8.78. The van der Waals surface area contributed by atoms with Crippen LogP contribution in [0.3, 0.4) is 0 Å². The van der Waals surface area contributed by atoms with Crippen LogP contribution in [0, 0.1) is 13.8 Å². The number of nitrogens with zero attached hydrogens (tertiary/aromatic N) is 4. The molecule has 180 valence electrons. The Morgan fingerprint density at radius 1 is 1.12 bits per heavy atom. The molecule has 10 nitrogen and oxygen atoms in total. The summed E-state index contributed by atoms with van der Waals surface area (Å²) in [6, 6.07) is 11.3. The van der Waals surface area contributed by atoms with Crippen LogP contribution in [-0.2, 0) is 26.8 Å². The van der Waals surface area contributed by atoms with Crippen molar-refractivity contribution in [3.63, 3.8) is 0 Å². The second-order valence-corrected chi connectivity index (χ2v) is 12.1. The highest BCUT2D eigenvalue weighted by atomic mass is 32.2. The molecule has 12 heteroatoms. The molecule has 3 heterocycles. The van der Waals surface area contributed by atoms with Crippen molar-refractivity contribution in [3.05, 3.63) is 53.3 Å². The molecule has 0 radical (unpaired) electrons. The molecule has 34 heavy (non-hydrogen) atoms. The minimum atomic E-state index is -4.35. The van der Waals surface area contributed by atoms with Gasteiger partial charge in [-0.3, -0.25) is 9.11 Å². The quantitative estimate of drug-likeness (QED) is 0.388. The van der Waals surface area contributed by atoms with E-state index in [1.807, 2.05) is 47.9 Å². The van der Waals surface area contributed by atoms with Crippen LogP contribution >= 0.6 is 0 Å². The predicted molar refractivity (Wildman–Crippen MR) is 129 cm³/mol. The van der Waals surface area contributed by atoms with Crippen LogP contribution < -0.4 is 4.48 Å². The van der Waals surface area contributed by atoms with E-state index >= 15 is 0 Å². The Morgan fingerprint density at radius 3 is 2.50 bits per heavy atom. The SMILES string of the molecule is Cc1cccc(C2=Nc3cc4c(cc3[N+]23CCC3S(=O)(=O)O)nc(C)n4CCCS(=O)(=O)O)c1. The fraction of sp³-hybridized carbons (Fsp3) is 0.364. The first-order valence-electron chi connectivity index (χ1n) is 10.9. The highest BCUT2D eigenvalue weighted by Gasteiger charge is 2.62. The zero-order chi connectivity index (χ0) is 24.5. The van der Waals surface area contributed by atoms with E-state index in [0.29, 0.717) is 48.1 Å². The molecule has 2 unspecified atom stereocenters. The van der Waals surface area contributed by atoms with E-state index < -0.39 is 25.6 Å². The summed E-state index contributed by atoms with van der Waals surface area (Å²) in [7, 11) is -8.41. The normalized spacial score (nSPS) is 22.1. The molecule has 1 saturated heterocycles. The Bertz CT molecular complexity index is 1580. The van der Waals surface area contributed by atoms with Crippen LogP contribution in [0.5, 0.6) is 0 Å². The van der Waals surface area contributed by atoms with Crippen LogP contribution in [0.25, 0.3) is 11.0 Å². The van der Waals surface area contributed by atoms with Gasteiger partial charge in [-0.25, -0.2) is 9.47 Å². The first-order valence-corrected chi connectivity index (χ1v) is 14.0. The number of fused-ring (bicyclic) bond motifs is 3. The zero-order valence-electron chi connectivity index (χ0n) is 18.7. The summed E-state index contributed by atoms with van der Waals surface area (Å²) in [4.78, 5) is 9.47. The molecule has 1 aromatic heterocycles. The summed E-state index contributed by atoms with van der Waals surface area (Å²) in [5.74, 6) is 0.871. The fourth-order valence-electron chi connectivity index (χ4n) is 5.15. The van der Waals surface area contributed by atoms with Crippen molar-refractivity contribution in [2.45, 2.75) is 38.6 Å². The lowest BCUT2D eigenvalue weighted by Crippen LogP contribution is -2.71. The summed E-state index contributed by atoms with van der Waals surface area (Å²) >= 11 is 0. The standard InChI is InChI=1S/C22H24N4O6S2/c1-14-5-3-6-16(11-14)22-24-18-12-19-17(23-15(2)25(19)8-4-10-33(27,28)29)13-20(18)26(22)9-7-21(26)34(30,31)32/h3,5-6,11-13,21H,4,7-10H2,1-2H3,(H-,27,28,29,30,31,32)/p+1. The molecule has 0 saturated carbocycles. The molecular weight excluding hydrogens is 480 g/mol. The summed E-state index contributed by atoms with van der Waals surface area (Å²) in [5, 5.41) is -1.05. The number of aliphatic imine (C=N–C) groups is 1.